The van der Waals surface area contributed by atoms with Crippen LogP contribution in [0.15, 0.2) is 35.3 Å². The van der Waals surface area contributed by atoms with Gasteiger partial charge in [0, 0.05) is 20.1 Å². The van der Waals surface area contributed by atoms with Gasteiger partial charge >= 0.3 is 0 Å². The molecule has 0 aliphatic carbocycles. The molecule has 0 heterocycles. The van der Waals surface area contributed by atoms with Crippen LogP contribution in [0.25, 0.3) is 0 Å². The third-order valence-electron chi connectivity index (χ3n) is 3.84. The lowest BCUT2D eigenvalue weighted by Crippen LogP contribution is -2.39. The molecule has 5 heteroatoms. The van der Waals surface area contributed by atoms with E-state index >= 15 is 0 Å². The van der Waals surface area contributed by atoms with Gasteiger partial charge in [-0.1, -0.05) is 44.2 Å². The van der Waals surface area contributed by atoms with E-state index < -0.39 is 0 Å². The molecule has 23 heavy (non-hydrogen) atoms. The molecule has 0 aliphatic rings. The monoisotopic (exact) mass is 432 g/mol. The van der Waals surface area contributed by atoms with Crippen LogP contribution in [0, 0.1) is 0 Å². The first-order valence-electron chi connectivity index (χ1n) is 8.51. The number of nitrogens with zero attached hydrogens (tertiary/aromatic N) is 2. The molecule has 1 aromatic rings. The Kier molecular flexibility index (Phi) is 14.2. The van der Waals surface area contributed by atoms with Gasteiger partial charge < -0.3 is 15.5 Å². The Morgan fingerprint density at radius 1 is 1.00 bits per heavy atom. The Balaban J connectivity index is 0.00000484. The quantitative estimate of drug-likeness (QED) is 0.258. The van der Waals surface area contributed by atoms with E-state index in [1.54, 1.807) is 0 Å². The zero-order valence-corrected chi connectivity index (χ0v) is 17.2. The van der Waals surface area contributed by atoms with Crippen LogP contribution in [0.3, 0.4) is 0 Å². The van der Waals surface area contributed by atoms with Crippen molar-refractivity contribution in [2.75, 3.05) is 39.8 Å². The fourth-order valence-corrected chi connectivity index (χ4v) is 2.41. The van der Waals surface area contributed by atoms with Gasteiger partial charge in [0.05, 0.1) is 0 Å². The summed E-state index contributed by atoms with van der Waals surface area (Å²) in [6.07, 6.45) is 3.36. The van der Waals surface area contributed by atoms with E-state index in [1.807, 2.05) is 7.05 Å². The summed E-state index contributed by atoms with van der Waals surface area (Å²) in [5.74, 6) is 0.910. The smallest absolute Gasteiger partial charge is 0.190 e. The van der Waals surface area contributed by atoms with E-state index in [0.717, 1.165) is 57.9 Å². The van der Waals surface area contributed by atoms with Crippen molar-refractivity contribution in [2.45, 2.75) is 33.1 Å². The van der Waals surface area contributed by atoms with E-state index in [9.17, 15) is 0 Å². The molecule has 0 atom stereocenters. The first-order chi connectivity index (χ1) is 10.8. The Morgan fingerprint density at radius 2 is 1.61 bits per heavy atom. The Labute approximate surface area is 159 Å². The molecular formula is C18H33IN4. The number of benzene rings is 1. The molecule has 0 amide bonds. The molecule has 1 rings (SSSR count). The van der Waals surface area contributed by atoms with Gasteiger partial charge in [-0.2, -0.15) is 0 Å². The second-order valence-corrected chi connectivity index (χ2v) is 5.40. The summed E-state index contributed by atoms with van der Waals surface area (Å²) < 4.78 is 0. The van der Waals surface area contributed by atoms with Crippen LogP contribution in [0.1, 0.15) is 32.3 Å². The second kappa shape index (κ2) is 14.8. The van der Waals surface area contributed by atoms with E-state index in [4.69, 9.17) is 0 Å². The maximum absolute atomic E-state index is 4.27. The maximum atomic E-state index is 4.27. The highest BCUT2D eigenvalue weighted by Gasteiger charge is 2.00. The number of aliphatic imine (C=N–C) groups is 1. The van der Waals surface area contributed by atoms with Gasteiger partial charge in [-0.3, -0.25) is 4.99 Å². The molecule has 1 aromatic carbocycles. The average molecular weight is 432 g/mol. The van der Waals surface area contributed by atoms with Gasteiger partial charge in [-0.25, -0.2) is 0 Å². The van der Waals surface area contributed by atoms with E-state index in [-0.39, 0.29) is 24.0 Å². The van der Waals surface area contributed by atoms with Crippen molar-refractivity contribution >= 4 is 29.9 Å². The van der Waals surface area contributed by atoms with Crippen molar-refractivity contribution in [3.8, 4) is 0 Å². The summed E-state index contributed by atoms with van der Waals surface area (Å²) in [6, 6.07) is 10.6. The zero-order valence-electron chi connectivity index (χ0n) is 14.8. The number of hydrogen-bond donors (Lipinski definition) is 2. The highest BCUT2D eigenvalue weighted by atomic mass is 127. The minimum atomic E-state index is 0. The molecule has 0 saturated heterocycles. The van der Waals surface area contributed by atoms with Gasteiger partial charge in [0.25, 0.3) is 0 Å². The summed E-state index contributed by atoms with van der Waals surface area (Å²) in [7, 11) is 1.83. The van der Waals surface area contributed by atoms with Gasteiger partial charge in [-0.15, -0.1) is 24.0 Å². The maximum Gasteiger partial charge on any atom is 0.190 e. The lowest BCUT2D eigenvalue weighted by Gasteiger charge is -2.18. The summed E-state index contributed by atoms with van der Waals surface area (Å²) in [6.45, 7) is 9.74. The molecule has 4 nitrogen and oxygen atoms in total. The second-order valence-electron chi connectivity index (χ2n) is 5.40. The molecule has 0 radical (unpaired) electrons. The predicted octanol–water partition coefficient (Wildman–Crippen LogP) is 3.13. The average Bonchev–Trinajstić information content (AvgIpc) is 2.57. The SMILES string of the molecule is CCN(CC)CCCNC(=NC)NCCCc1ccccc1.I. The number of aryl methyl sites for hydroxylation is 1. The van der Waals surface area contributed by atoms with Crippen molar-refractivity contribution in [3.63, 3.8) is 0 Å². The minimum absolute atomic E-state index is 0. The van der Waals surface area contributed by atoms with Crippen LogP contribution in [-0.4, -0.2) is 50.6 Å². The summed E-state index contributed by atoms with van der Waals surface area (Å²) in [4.78, 5) is 6.71. The highest BCUT2D eigenvalue weighted by Crippen LogP contribution is 2.01. The van der Waals surface area contributed by atoms with Crippen molar-refractivity contribution in [2.24, 2.45) is 4.99 Å². The van der Waals surface area contributed by atoms with Crippen LogP contribution in [-0.2, 0) is 6.42 Å². The zero-order chi connectivity index (χ0) is 16.0. The summed E-state index contributed by atoms with van der Waals surface area (Å²) >= 11 is 0. The van der Waals surface area contributed by atoms with Crippen LogP contribution in [0.5, 0.6) is 0 Å². The molecule has 0 fully saturated rings. The van der Waals surface area contributed by atoms with Crippen LogP contribution < -0.4 is 10.6 Å². The normalized spacial score (nSPS) is 11.2. The molecule has 0 saturated carbocycles. The number of nitrogens with one attached hydrogen (secondary N) is 2. The van der Waals surface area contributed by atoms with Gasteiger partial charge in [0.1, 0.15) is 0 Å². The van der Waals surface area contributed by atoms with E-state index in [2.05, 4.69) is 64.7 Å². The predicted molar refractivity (Wildman–Crippen MR) is 112 cm³/mol. The van der Waals surface area contributed by atoms with Crippen molar-refractivity contribution < 1.29 is 0 Å². The molecule has 0 unspecified atom stereocenters. The van der Waals surface area contributed by atoms with Crippen LogP contribution in [0.4, 0.5) is 0 Å². The molecule has 0 spiro atoms. The third-order valence-corrected chi connectivity index (χ3v) is 3.84. The van der Waals surface area contributed by atoms with Crippen molar-refractivity contribution in [1.82, 2.24) is 15.5 Å². The number of guanidine groups is 1. The fourth-order valence-electron chi connectivity index (χ4n) is 2.41. The Hall–Kier alpha value is -0.820. The third kappa shape index (κ3) is 10.5. The summed E-state index contributed by atoms with van der Waals surface area (Å²) in [5.41, 5.74) is 1.39. The van der Waals surface area contributed by atoms with Crippen LogP contribution >= 0.6 is 24.0 Å². The lowest BCUT2D eigenvalue weighted by molar-refractivity contribution is 0.300. The minimum Gasteiger partial charge on any atom is -0.356 e. The number of halogens is 1. The van der Waals surface area contributed by atoms with E-state index in [1.165, 1.54) is 5.56 Å². The van der Waals surface area contributed by atoms with Gasteiger partial charge in [0.15, 0.2) is 5.96 Å². The molecule has 132 valence electrons. The molecule has 2 N–H and O–H groups in total. The number of hydrogen-bond acceptors (Lipinski definition) is 2. The van der Waals surface area contributed by atoms with Crippen molar-refractivity contribution in [1.29, 1.82) is 0 Å². The molecule has 0 bridgehead atoms. The van der Waals surface area contributed by atoms with Gasteiger partial charge in [-0.05, 0) is 44.5 Å². The van der Waals surface area contributed by atoms with Crippen molar-refractivity contribution in [3.05, 3.63) is 35.9 Å². The first kappa shape index (κ1) is 22.2. The molecule has 0 aliphatic heterocycles. The molecular weight excluding hydrogens is 399 g/mol. The van der Waals surface area contributed by atoms with E-state index in [0.29, 0.717) is 0 Å². The van der Waals surface area contributed by atoms with Gasteiger partial charge in [0.2, 0.25) is 0 Å². The molecule has 0 aromatic heterocycles. The first-order valence-corrected chi connectivity index (χ1v) is 8.51. The highest BCUT2D eigenvalue weighted by molar-refractivity contribution is 14.0. The van der Waals surface area contributed by atoms with Crippen LogP contribution in [0.2, 0.25) is 0 Å². The lowest BCUT2D eigenvalue weighted by atomic mass is 10.1. The summed E-state index contributed by atoms with van der Waals surface area (Å²) in [5, 5.41) is 6.76. The Bertz CT molecular complexity index is 405. The Morgan fingerprint density at radius 3 is 2.17 bits per heavy atom. The topological polar surface area (TPSA) is 39.7 Å². The number of rotatable bonds is 10. The fraction of sp³-hybridized carbons (Fsp3) is 0.611. The standard InChI is InChI=1S/C18H32N4.HI/c1-4-22(5-2)16-10-15-21-18(19-3)20-14-9-13-17-11-7-6-8-12-17;/h6-8,11-12H,4-5,9-10,13-16H2,1-3H3,(H2,19,20,21);1H. The largest absolute Gasteiger partial charge is 0.356 e.